The Kier molecular flexibility index (Phi) is 5.24. The molecule has 1 N–H and O–H groups in total. The van der Waals surface area contributed by atoms with E-state index in [0.717, 1.165) is 24.2 Å². The van der Waals surface area contributed by atoms with Gasteiger partial charge in [-0.25, -0.2) is 4.68 Å². The first-order valence-electron chi connectivity index (χ1n) is 8.29. The number of benzene rings is 1. The Morgan fingerprint density at radius 2 is 1.92 bits per heavy atom. The molecule has 1 aromatic heterocycles. The highest BCUT2D eigenvalue weighted by molar-refractivity contribution is 9.10. The molecule has 2 unspecified atom stereocenters. The molecule has 2 heterocycles. The van der Waals surface area contributed by atoms with E-state index in [4.69, 9.17) is 0 Å². The molecular weight excluding hydrogens is 387 g/mol. The standard InChI is InChI=1S/C18H22BrFN4O/c1-11-4-6-12(7-5-11)13-8-14(10-23(2)9-13)21-16-15(19)18(25)24(3)22-17(16)20/h4-7,13-14,21H,8-10H2,1-3H3. The number of rotatable bonds is 3. The maximum Gasteiger partial charge on any atom is 0.283 e. The molecule has 0 radical (unpaired) electrons. The van der Waals surface area contributed by atoms with Gasteiger partial charge < -0.3 is 10.2 Å². The molecule has 0 bridgehead atoms. The minimum absolute atomic E-state index is 0.0322. The molecule has 5 nitrogen and oxygen atoms in total. The molecule has 1 aliphatic heterocycles. The van der Waals surface area contributed by atoms with Crippen molar-refractivity contribution in [2.75, 3.05) is 25.5 Å². The molecule has 2 atom stereocenters. The largest absolute Gasteiger partial charge is 0.376 e. The minimum Gasteiger partial charge on any atom is -0.376 e. The highest BCUT2D eigenvalue weighted by Gasteiger charge is 2.28. The van der Waals surface area contributed by atoms with Gasteiger partial charge in [-0.1, -0.05) is 29.8 Å². The second-order valence-corrected chi connectivity index (χ2v) is 7.61. The molecule has 0 aliphatic carbocycles. The van der Waals surface area contributed by atoms with E-state index in [1.165, 1.54) is 18.2 Å². The topological polar surface area (TPSA) is 50.2 Å². The molecule has 1 aliphatic rings. The number of hydrogen-bond donors (Lipinski definition) is 1. The van der Waals surface area contributed by atoms with Crippen LogP contribution >= 0.6 is 15.9 Å². The van der Waals surface area contributed by atoms with Crippen molar-refractivity contribution in [3.8, 4) is 0 Å². The molecule has 3 rings (SSSR count). The van der Waals surface area contributed by atoms with Crippen molar-refractivity contribution < 1.29 is 4.39 Å². The number of likely N-dealkylation sites (N-methyl/N-ethyl adjacent to an activating group) is 1. The molecule has 1 aromatic carbocycles. The van der Waals surface area contributed by atoms with Crippen LogP contribution in [0.4, 0.5) is 10.1 Å². The Morgan fingerprint density at radius 3 is 2.60 bits per heavy atom. The average Bonchev–Trinajstić information content (AvgIpc) is 2.57. The third-order valence-electron chi connectivity index (χ3n) is 4.68. The SMILES string of the molecule is Cc1ccc(C2CC(Nc3c(F)nn(C)c(=O)c3Br)CN(C)C2)cc1. The molecule has 1 saturated heterocycles. The van der Waals surface area contributed by atoms with E-state index in [1.807, 2.05) is 0 Å². The number of nitrogens with zero attached hydrogens (tertiary/aromatic N) is 3. The van der Waals surface area contributed by atoms with E-state index in [9.17, 15) is 9.18 Å². The zero-order valence-corrected chi connectivity index (χ0v) is 16.2. The highest BCUT2D eigenvalue weighted by Crippen LogP contribution is 2.30. The predicted octanol–water partition coefficient (Wildman–Crippen LogP) is 2.89. The predicted molar refractivity (Wildman–Crippen MR) is 101 cm³/mol. The summed E-state index contributed by atoms with van der Waals surface area (Å²) >= 11 is 3.20. The Hall–Kier alpha value is -1.73. The fourth-order valence-electron chi connectivity index (χ4n) is 3.40. The summed E-state index contributed by atoms with van der Waals surface area (Å²) in [6.45, 7) is 3.81. The van der Waals surface area contributed by atoms with Gasteiger partial charge in [-0.05, 0) is 47.8 Å². The van der Waals surface area contributed by atoms with Crippen LogP contribution in [0.25, 0.3) is 0 Å². The molecule has 1 fully saturated rings. The normalized spacial score (nSPS) is 21.3. The average molecular weight is 409 g/mol. The van der Waals surface area contributed by atoms with Crippen molar-refractivity contribution >= 4 is 21.6 Å². The smallest absolute Gasteiger partial charge is 0.283 e. The second kappa shape index (κ2) is 7.25. The number of piperidine rings is 1. The molecule has 134 valence electrons. The highest BCUT2D eigenvalue weighted by atomic mass is 79.9. The first-order chi connectivity index (χ1) is 11.8. The number of aromatic nitrogens is 2. The van der Waals surface area contributed by atoms with Crippen molar-refractivity contribution in [3.05, 3.63) is 56.2 Å². The van der Waals surface area contributed by atoms with E-state index < -0.39 is 5.95 Å². The summed E-state index contributed by atoms with van der Waals surface area (Å²) in [5.41, 5.74) is 2.31. The summed E-state index contributed by atoms with van der Waals surface area (Å²) < 4.78 is 15.4. The van der Waals surface area contributed by atoms with Crippen LogP contribution in [0.1, 0.15) is 23.5 Å². The van der Waals surface area contributed by atoms with Gasteiger partial charge in [0.2, 0.25) is 0 Å². The van der Waals surface area contributed by atoms with E-state index in [2.05, 4.69) is 69.5 Å². The van der Waals surface area contributed by atoms with Crippen molar-refractivity contribution in [2.45, 2.75) is 25.3 Å². The Bertz CT molecular complexity index is 821. The summed E-state index contributed by atoms with van der Waals surface area (Å²) in [7, 11) is 3.49. The minimum atomic E-state index is -0.672. The van der Waals surface area contributed by atoms with Gasteiger partial charge >= 0.3 is 0 Å². The van der Waals surface area contributed by atoms with Crippen LogP contribution in [0.2, 0.25) is 0 Å². The summed E-state index contributed by atoms with van der Waals surface area (Å²) in [4.78, 5) is 14.2. The fourth-order valence-corrected chi connectivity index (χ4v) is 3.93. The second-order valence-electron chi connectivity index (χ2n) is 6.81. The molecule has 0 spiro atoms. The molecule has 0 saturated carbocycles. The lowest BCUT2D eigenvalue weighted by Crippen LogP contribution is -2.44. The maximum absolute atomic E-state index is 14.2. The van der Waals surface area contributed by atoms with Gasteiger partial charge in [-0.2, -0.15) is 4.39 Å². The van der Waals surface area contributed by atoms with Crippen LogP contribution < -0.4 is 10.9 Å². The lowest BCUT2D eigenvalue weighted by molar-refractivity contribution is 0.235. The van der Waals surface area contributed by atoms with Crippen LogP contribution in [-0.2, 0) is 7.05 Å². The number of hydrogen-bond acceptors (Lipinski definition) is 4. The number of likely N-dealkylation sites (tertiary alicyclic amines) is 1. The van der Waals surface area contributed by atoms with Gasteiger partial charge in [0.25, 0.3) is 11.5 Å². The van der Waals surface area contributed by atoms with E-state index in [0.29, 0.717) is 5.92 Å². The zero-order chi connectivity index (χ0) is 18.1. The first-order valence-corrected chi connectivity index (χ1v) is 9.08. The van der Waals surface area contributed by atoms with Gasteiger partial charge in [-0.15, -0.1) is 5.10 Å². The van der Waals surface area contributed by atoms with Gasteiger partial charge in [0.15, 0.2) is 0 Å². The summed E-state index contributed by atoms with van der Waals surface area (Å²) in [6, 6.07) is 8.59. The van der Waals surface area contributed by atoms with Crippen molar-refractivity contribution in [1.29, 1.82) is 0 Å². The number of aryl methyl sites for hydroxylation is 2. The van der Waals surface area contributed by atoms with Crippen LogP contribution in [0.3, 0.4) is 0 Å². The van der Waals surface area contributed by atoms with Crippen molar-refractivity contribution in [2.24, 2.45) is 7.05 Å². The Morgan fingerprint density at radius 1 is 1.24 bits per heavy atom. The van der Waals surface area contributed by atoms with Crippen LogP contribution in [0.15, 0.2) is 33.5 Å². The van der Waals surface area contributed by atoms with E-state index in [-0.39, 0.29) is 21.8 Å². The quantitative estimate of drug-likeness (QED) is 0.847. The lowest BCUT2D eigenvalue weighted by Gasteiger charge is -2.37. The van der Waals surface area contributed by atoms with E-state index >= 15 is 0 Å². The summed E-state index contributed by atoms with van der Waals surface area (Å²) in [5.74, 6) is -0.313. The summed E-state index contributed by atoms with van der Waals surface area (Å²) in [5, 5.41) is 6.82. The van der Waals surface area contributed by atoms with E-state index in [1.54, 1.807) is 0 Å². The zero-order valence-electron chi connectivity index (χ0n) is 14.6. The summed E-state index contributed by atoms with van der Waals surface area (Å²) in [6.07, 6.45) is 0.870. The Labute approximate surface area is 155 Å². The molecular formula is C18H22BrFN4O. The van der Waals surface area contributed by atoms with Crippen LogP contribution in [-0.4, -0.2) is 40.9 Å². The molecule has 0 amide bonds. The molecule has 25 heavy (non-hydrogen) atoms. The maximum atomic E-state index is 14.2. The van der Waals surface area contributed by atoms with Crippen LogP contribution in [0.5, 0.6) is 0 Å². The van der Waals surface area contributed by atoms with Crippen molar-refractivity contribution in [1.82, 2.24) is 14.7 Å². The molecule has 7 heteroatoms. The van der Waals surface area contributed by atoms with Gasteiger partial charge in [0, 0.05) is 26.2 Å². The monoisotopic (exact) mass is 408 g/mol. The van der Waals surface area contributed by atoms with Gasteiger partial charge in [-0.3, -0.25) is 4.79 Å². The number of nitrogens with one attached hydrogen (secondary N) is 1. The number of anilines is 1. The molecule has 2 aromatic rings. The van der Waals surface area contributed by atoms with Gasteiger partial charge in [0.05, 0.1) is 0 Å². The fraction of sp³-hybridized carbons (Fsp3) is 0.444. The number of halogens is 2. The lowest BCUT2D eigenvalue weighted by atomic mass is 9.88. The Balaban J connectivity index is 1.82. The third-order valence-corrected chi connectivity index (χ3v) is 5.41. The van der Waals surface area contributed by atoms with Crippen molar-refractivity contribution in [3.63, 3.8) is 0 Å². The first kappa shape index (κ1) is 18.1. The van der Waals surface area contributed by atoms with Gasteiger partial charge in [0.1, 0.15) is 10.2 Å². The van der Waals surface area contributed by atoms with Crippen LogP contribution in [0, 0.1) is 12.9 Å². The third kappa shape index (κ3) is 3.93.